The van der Waals surface area contributed by atoms with Gasteiger partial charge in [-0.15, -0.1) is 11.8 Å². The third-order valence-electron chi connectivity index (χ3n) is 2.32. The number of nitrogens with zero attached hydrogens (tertiary/aromatic N) is 1. The fraction of sp³-hybridized carbons (Fsp3) is 0.333. The summed E-state index contributed by atoms with van der Waals surface area (Å²) in [5, 5.41) is 10.8. The number of hydrogen-bond donors (Lipinski definition) is 2. The summed E-state index contributed by atoms with van der Waals surface area (Å²) in [5.74, 6) is -1.52. The molecule has 0 aromatic heterocycles. The second-order valence-corrected chi connectivity index (χ2v) is 4.90. The zero-order valence-electron chi connectivity index (χ0n) is 11.0. The molecule has 0 aliphatic heterocycles. The molecule has 1 aromatic rings. The molecule has 0 saturated heterocycles. The minimum atomic E-state index is -4.67. The number of halogens is 3. The average Bonchev–Trinajstić information content (AvgIpc) is 2.36. The van der Waals surface area contributed by atoms with E-state index in [2.05, 4.69) is 5.32 Å². The van der Waals surface area contributed by atoms with E-state index in [1.807, 2.05) is 6.26 Å². The van der Waals surface area contributed by atoms with Crippen LogP contribution in [0.5, 0.6) is 0 Å². The number of thioether (sulfide) groups is 1. The van der Waals surface area contributed by atoms with Crippen molar-refractivity contribution in [3.63, 3.8) is 0 Å². The summed E-state index contributed by atoms with van der Waals surface area (Å²) in [6, 6.07) is 5.30. The molecule has 0 unspecified atom stereocenters. The topological polar surface area (TPSA) is 69.6 Å². The average molecular weight is 322 g/mol. The van der Waals surface area contributed by atoms with Crippen LogP contribution in [0, 0.1) is 0 Å². The standard InChI is InChI=1S/C12H13F3N2O3S/c1-21-9-4-2-8(3-5-9)16-11(20)17(6-10(18)19)7-12(13,14)15/h2-5H,6-7H2,1H3,(H,16,20)(H,18,19). The molecule has 5 nitrogen and oxygen atoms in total. The molecule has 0 aliphatic carbocycles. The van der Waals surface area contributed by atoms with E-state index in [4.69, 9.17) is 5.11 Å². The van der Waals surface area contributed by atoms with E-state index in [0.29, 0.717) is 0 Å². The molecule has 0 fully saturated rings. The summed E-state index contributed by atoms with van der Waals surface area (Å²) < 4.78 is 37.0. The van der Waals surface area contributed by atoms with Crippen LogP contribution in [0.15, 0.2) is 29.2 Å². The molecular formula is C12H13F3N2O3S. The number of anilines is 1. The van der Waals surface area contributed by atoms with Gasteiger partial charge in [0.1, 0.15) is 13.1 Å². The van der Waals surface area contributed by atoms with Crippen molar-refractivity contribution in [1.82, 2.24) is 4.90 Å². The lowest BCUT2D eigenvalue weighted by Gasteiger charge is -2.22. The van der Waals surface area contributed by atoms with E-state index in [1.54, 1.807) is 12.1 Å². The Morgan fingerprint density at radius 1 is 1.29 bits per heavy atom. The molecule has 9 heteroatoms. The number of carbonyl (C=O) groups excluding carboxylic acids is 1. The SMILES string of the molecule is CSc1ccc(NC(=O)N(CC(=O)O)CC(F)(F)F)cc1. The Bertz CT molecular complexity index is 505. The molecule has 0 radical (unpaired) electrons. The van der Waals surface area contributed by atoms with Crippen LogP contribution in [-0.4, -0.2) is 47.5 Å². The van der Waals surface area contributed by atoms with E-state index in [9.17, 15) is 22.8 Å². The van der Waals surface area contributed by atoms with Gasteiger partial charge in [0.15, 0.2) is 0 Å². The van der Waals surface area contributed by atoms with Crippen molar-refractivity contribution in [3.05, 3.63) is 24.3 Å². The molecule has 0 bridgehead atoms. The van der Waals surface area contributed by atoms with E-state index in [1.165, 1.54) is 23.9 Å². The number of carbonyl (C=O) groups is 2. The summed E-state index contributed by atoms with van der Waals surface area (Å²) in [7, 11) is 0. The van der Waals surface area contributed by atoms with Gasteiger partial charge in [-0.25, -0.2) is 4.79 Å². The summed E-state index contributed by atoms with van der Waals surface area (Å²) in [6.07, 6.45) is -2.82. The van der Waals surface area contributed by atoms with Gasteiger partial charge in [0.2, 0.25) is 0 Å². The minimum absolute atomic E-state index is 0.185. The molecule has 1 aromatic carbocycles. The van der Waals surface area contributed by atoms with E-state index in [0.717, 1.165) is 4.90 Å². The number of amides is 2. The number of rotatable bonds is 5. The largest absolute Gasteiger partial charge is 0.480 e. The number of carboxylic acids is 1. The predicted octanol–water partition coefficient (Wildman–Crippen LogP) is 2.89. The Labute approximate surface area is 123 Å². The maximum atomic E-state index is 12.3. The molecule has 0 aliphatic rings. The maximum Gasteiger partial charge on any atom is 0.406 e. The van der Waals surface area contributed by atoms with Crippen LogP contribution >= 0.6 is 11.8 Å². The third kappa shape index (κ3) is 6.39. The Morgan fingerprint density at radius 2 is 1.86 bits per heavy atom. The van der Waals surface area contributed by atoms with Crippen molar-refractivity contribution < 1.29 is 27.9 Å². The van der Waals surface area contributed by atoms with E-state index >= 15 is 0 Å². The summed E-state index contributed by atoms with van der Waals surface area (Å²) in [5.41, 5.74) is 0.287. The van der Waals surface area contributed by atoms with Gasteiger partial charge < -0.3 is 15.3 Å². The van der Waals surface area contributed by atoms with E-state index < -0.39 is 31.3 Å². The highest BCUT2D eigenvalue weighted by Gasteiger charge is 2.34. The number of alkyl halides is 3. The summed E-state index contributed by atoms with van der Waals surface area (Å²) in [4.78, 5) is 23.4. The molecule has 2 N–H and O–H groups in total. The lowest BCUT2D eigenvalue weighted by molar-refractivity contribution is -0.148. The normalized spacial score (nSPS) is 11.0. The van der Waals surface area contributed by atoms with Crippen molar-refractivity contribution >= 4 is 29.4 Å². The number of benzene rings is 1. The maximum absolute atomic E-state index is 12.3. The van der Waals surface area contributed by atoms with Gasteiger partial charge in [0.25, 0.3) is 0 Å². The smallest absolute Gasteiger partial charge is 0.406 e. The van der Waals surface area contributed by atoms with Gasteiger partial charge in [0.05, 0.1) is 0 Å². The molecule has 0 spiro atoms. The van der Waals surface area contributed by atoms with E-state index in [-0.39, 0.29) is 10.6 Å². The Hall–Kier alpha value is -1.90. The number of aliphatic carboxylic acids is 1. The van der Waals surface area contributed by atoms with Crippen LogP contribution < -0.4 is 5.32 Å². The fourth-order valence-corrected chi connectivity index (χ4v) is 1.86. The van der Waals surface area contributed by atoms with Crippen LogP contribution in [0.25, 0.3) is 0 Å². The number of hydrogen-bond acceptors (Lipinski definition) is 3. The van der Waals surface area contributed by atoms with Gasteiger partial charge in [-0.3, -0.25) is 4.79 Å². The zero-order chi connectivity index (χ0) is 16.0. The highest BCUT2D eigenvalue weighted by atomic mass is 32.2. The van der Waals surface area contributed by atoms with Gasteiger partial charge in [-0.2, -0.15) is 13.2 Å². The van der Waals surface area contributed by atoms with Crippen LogP contribution in [-0.2, 0) is 4.79 Å². The molecule has 2 amide bonds. The first-order valence-corrected chi connectivity index (χ1v) is 6.92. The number of urea groups is 1. The molecule has 21 heavy (non-hydrogen) atoms. The van der Waals surface area contributed by atoms with Gasteiger partial charge in [0, 0.05) is 10.6 Å². The second kappa shape index (κ2) is 7.21. The molecule has 0 saturated carbocycles. The van der Waals surface area contributed by atoms with Crippen molar-refractivity contribution in [2.24, 2.45) is 0 Å². The molecule has 0 heterocycles. The lowest BCUT2D eigenvalue weighted by atomic mass is 10.3. The third-order valence-corrected chi connectivity index (χ3v) is 3.07. The Kier molecular flexibility index (Phi) is 5.89. The fourth-order valence-electron chi connectivity index (χ4n) is 1.46. The first-order chi connectivity index (χ1) is 9.71. The van der Waals surface area contributed by atoms with Crippen LogP contribution in [0.3, 0.4) is 0 Å². The predicted molar refractivity (Wildman–Crippen MR) is 72.5 cm³/mol. The van der Waals surface area contributed by atoms with Crippen molar-refractivity contribution in [2.75, 3.05) is 24.7 Å². The molecule has 1 rings (SSSR count). The minimum Gasteiger partial charge on any atom is -0.480 e. The van der Waals surface area contributed by atoms with Crippen LogP contribution in [0.1, 0.15) is 0 Å². The monoisotopic (exact) mass is 322 g/mol. The first-order valence-electron chi connectivity index (χ1n) is 5.70. The number of nitrogens with one attached hydrogen (secondary N) is 1. The first kappa shape index (κ1) is 17.2. The summed E-state index contributed by atoms with van der Waals surface area (Å²) in [6.45, 7) is -2.66. The van der Waals surface area contributed by atoms with Crippen molar-refractivity contribution in [1.29, 1.82) is 0 Å². The highest BCUT2D eigenvalue weighted by molar-refractivity contribution is 7.98. The van der Waals surface area contributed by atoms with Gasteiger partial charge in [-0.05, 0) is 30.5 Å². The second-order valence-electron chi connectivity index (χ2n) is 4.02. The molecule has 116 valence electrons. The molecular weight excluding hydrogens is 309 g/mol. The highest BCUT2D eigenvalue weighted by Crippen LogP contribution is 2.19. The number of carboxylic acid groups (broad SMARTS) is 1. The van der Waals surface area contributed by atoms with Crippen LogP contribution in [0.2, 0.25) is 0 Å². The quantitative estimate of drug-likeness (QED) is 0.818. The molecule has 0 atom stereocenters. The van der Waals surface area contributed by atoms with Gasteiger partial charge >= 0.3 is 18.2 Å². The van der Waals surface area contributed by atoms with Crippen molar-refractivity contribution in [3.8, 4) is 0 Å². The summed E-state index contributed by atoms with van der Waals surface area (Å²) >= 11 is 1.47. The van der Waals surface area contributed by atoms with Gasteiger partial charge in [-0.1, -0.05) is 0 Å². The zero-order valence-corrected chi connectivity index (χ0v) is 11.8. The van der Waals surface area contributed by atoms with Crippen molar-refractivity contribution in [2.45, 2.75) is 11.1 Å². The Morgan fingerprint density at radius 3 is 2.29 bits per heavy atom. The van der Waals surface area contributed by atoms with Crippen LogP contribution in [0.4, 0.5) is 23.7 Å². The lowest BCUT2D eigenvalue weighted by Crippen LogP contribution is -2.44. The Balaban J connectivity index is 2.76.